The van der Waals surface area contributed by atoms with E-state index in [1.807, 2.05) is 11.8 Å². The molecule has 1 heterocycles. The molecule has 0 aliphatic carbocycles. The number of rotatable bonds is 7. The summed E-state index contributed by atoms with van der Waals surface area (Å²) in [5, 5.41) is 3.41. The summed E-state index contributed by atoms with van der Waals surface area (Å²) in [6.45, 7) is 9.54. The van der Waals surface area contributed by atoms with E-state index in [2.05, 4.69) is 43.0 Å². The Labute approximate surface area is 109 Å². The van der Waals surface area contributed by atoms with E-state index in [9.17, 15) is 0 Å². The van der Waals surface area contributed by atoms with Crippen LogP contribution in [0.5, 0.6) is 0 Å². The standard InChI is InChI=1S/C13H23N3S/c1-5-8-14-13-11(6-2)10(4)15-12(16-13)9-17-7-3/h5-9H2,1-4H3,(H,14,15,16). The molecule has 17 heavy (non-hydrogen) atoms. The van der Waals surface area contributed by atoms with Gasteiger partial charge in [-0.25, -0.2) is 9.97 Å². The van der Waals surface area contributed by atoms with Crippen LogP contribution in [0.3, 0.4) is 0 Å². The van der Waals surface area contributed by atoms with Crippen LogP contribution in [0.2, 0.25) is 0 Å². The first-order chi connectivity index (χ1) is 8.22. The van der Waals surface area contributed by atoms with E-state index >= 15 is 0 Å². The van der Waals surface area contributed by atoms with Crippen molar-refractivity contribution in [2.45, 2.75) is 46.3 Å². The number of hydrogen-bond donors (Lipinski definition) is 1. The minimum atomic E-state index is 0.905. The van der Waals surface area contributed by atoms with Gasteiger partial charge in [-0.15, -0.1) is 0 Å². The molecule has 1 rings (SSSR count). The first-order valence-corrected chi connectivity index (χ1v) is 7.56. The third kappa shape index (κ3) is 4.19. The van der Waals surface area contributed by atoms with E-state index < -0.39 is 0 Å². The lowest BCUT2D eigenvalue weighted by Crippen LogP contribution is -2.10. The van der Waals surface area contributed by atoms with Crippen LogP contribution in [0.1, 0.15) is 44.3 Å². The van der Waals surface area contributed by atoms with Gasteiger partial charge in [-0.2, -0.15) is 11.8 Å². The smallest absolute Gasteiger partial charge is 0.140 e. The zero-order valence-corrected chi connectivity index (χ0v) is 12.2. The number of aromatic nitrogens is 2. The van der Waals surface area contributed by atoms with Crippen LogP contribution < -0.4 is 5.32 Å². The van der Waals surface area contributed by atoms with Gasteiger partial charge in [0.15, 0.2) is 0 Å². The van der Waals surface area contributed by atoms with Crippen LogP contribution in [0.25, 0.3) is 0 Å². The van der Waals surface area contributed by atoms with Crippen LogP contribution >= 0.6 is 11.8 Å². The molecule has 0 unspecified atom stereocenters. The Hall–Kier alpha value is -0.770. The average molecular weight is 253 g/mol. The lowest BCUT2D eigenvalue weighted by atomic mass is 10.1. The molecule has 0 spiro atoms. The SMILES string of the molecule is CCCNc1nc(CSCC)nc(C)c1CC. The van der Waals surface area contributed by atoms with Crippen molar-refractivity contribution in [1.82, 2.24) is 9.97 Å². The van der Waals surface area contributed by atoms with Gasteiger partial charge < -0.3 is 5.32 Å². The fraction of sp³-hybridized carbons (Fsp3) is 0.692. The van der Waals surface area contributed by atoms with Crippen molar-refractivity contribution in [3.05, 3.63) is 17.1 Å². The Balaban J connectivity index is 2.92. The van der Waals surface area contributed by atoms with Gasteiger partial charge in [-0.05, 0) is 25.5 Å². The second-order valence-corrected chi connectivity index (χ2v) is 5.24. The van der Waals surface area contributed by atoms with Gasteiger partial charge in [-0.3, -0.25) is 0 Å². The summed E-state index contributed by atoms with van der Waals surface area (Å²) in [6, 6.07) is 0. The van der Waals surface area contributed by atoms with E-state index in [1.165, 1.54) is 5.56 Å². The Morgan fingerprint density at radius 1 is 1.18 bits per heavy atom. The third-order valence-corrected chi connectivity index (χ3v) is 3.46. The molecule has 1 aromatic heterocycles. The molecule has 0 aromatic carbocycles. The molecule has 0 saturated carbocycles. The number of nitrogens with one attached hydrogen (secondary N) is 1. The summed E-state index contributed by atoms with van der Waals surface area (Å²) in [5.74, 6) is 4.00. The van der Waals surface area contributed by atoms with Gasteiger partial charge >= 0.3 is 0 Å². The summed E-state index contributed by atoms with van der Waals surface area (Å²) in [5.41, 5.74) is 2.37. The van der Waals surface area contributed by atoms with Crippen molar-refractivity contribution >= 4 is 17.6 Å². The van der Waals surface area contributed by atoms with Gasteiger partial charge in [0, 0.05) is 17.8 Å². The highest BCUT2D eigenvalue weighted by atomic mass is 32.2. The Bertz CT molecular complexity index is 353. The zero-order chi connectivity index (χ0) is 12.7. The Morgan fingerprint density at radius 3 is 2.53 bits per heavy atom. The molecule has 96 valence electrons. The highest BCUT2D eigenvalue weighted by Crippen LogP contribution is 2.19. The molecular formula is C13H23N3S. The van der Waals surface area contributed by atoms with Crippen molar-refractivity contribution in [2.75, 3.05) is 17.6 Å². The summed E-state index contributed by atoms with van der Waals surface area (Å²) >= 11 is 1.86. The number of hydrogen-bond acceptors (Lipinski definition) is 4. The second kappa shape index (κ2) is 7.54. The zero-order valence-electron chi connectivity index (χ0n) is 11.3. The lowest BCUT2D eigenvalue weighted by molar-refractivity contribution is 0.908. The van der Waals surface area contributed by atoms with Gasteiger partial charge in [-0.1, -0.05) is 20.8 Å². The predicted octanol–water partition coefficient (Wildman–Crippen LogP) is 3.42. The fourth-order valence-corrected chi connectivity index (χ4v) is 2.24. The molecule has 0 aliphatic rings. The maximum absolute atomic E-state index is 4.64. The normalized spacial score (nSPS) is 10.6. The van der Waals surface area contributed by atoms with E-state index in [4.69, 9.17) is 0 Å². The number of nitrogens with zero attached hydrogens (tertiary/aromatic N) is 2. The molecule has 4 heteroatoms. The molecule has 0 bridgehead atoms. The van der Waals surface area contributed by atoms with Gasteiger partial charge in [0.25, 0.3) is 0 Å². The molecule has 0 aliphatic heterocycles. The third-order valence-electron chi connectivity index (χ3n) is 2.59. The van der Waals surface area contributed by atoms with Crippen molar-refractivity contribution in [3.8, 4) is 0 Å². The second-order valence-electron chi connectivity index (χ2n) is 3.97. The van der Waals surface area contributed by atoms with Gasteiger partial charge in [0.05, 0.1) is 5.75 Å². The molecule has 0 saturated heterocycles. The summed E-state index contributed by atoms with van der Waals surface area (Å²) in [4.78, 5) is 9.21. The molecule has 0 amide bonds. The first kappa shape index (κ1) is 14.3. The van der Waals surface area contributed by atoms with Crippen molar-refractivity contribution < 1.29 is 0 Å². The molecule has 1 N–H and O–H groups in total. The van der Waals surface area contributed by atoms with Crippen LogP contribution in [0.15, 0.2) is 0 Å². The highest BCUT2D eigenvalue weighted by molar-refractivity contribution is 7.98. The van der Waals surface area contributed by atoms with Crippen molar-refractivity contribution in [3.63, 3.8) is 0 Å². The van der Waals surface area contributed by atoms with Crippen LogP contribution in [-0.4, -0.2) is 22.3 Å². The number of thioether (sulfide) groups is 1. The average Bonchev–Trinajstić information content (AvgIpc) is 2.33. The minimum Gasteiger partial charge on any atom is -0.370 e. The van der Waals surface area contributed by atoms with Crippen LogP contribution in [0.4, 0.5) is 5.82 Å². The summed E-state index contributed by atoms with van der Waals surface area (Å²) in [7, 11) is 0. The van der Waals surface area contributed by atoms with Crippen LogP contribution in [-0.2, 0) is 12.2 Å². The van der Waals surface area contributed by atoms with E-state index in [0.29, 0.717) is 0 Å². The molecule has 3 nitrogen and oxygen atoms in total. The quantitative estimate of drug-likeness (QED) is 0.808. The molecule has 0 atom stereocenters. The largest absolute Gasteiger partial charge is 0.370 e. The number of aryl methyl sites for hydroxylation is 1. The maximum atomic E-state index is 4.64. The molecule has 0 radical (unpaired) electrons. The molecule has 1 aromatic rings. The fourth-order valence-electron chi connectivity index (χ4n) is 1.72. The molecule has 0 fully saturated rings. The monoisotopic (exact) mass is 253 g/mol. The number of anilines is 1. The predicted molar refractivity (Wildman–Crippen MR) is 76.8 cm³/mol. The highest BCUT2D eigenvalue weighted by Gasteiger charge is 2.09. The van der Waals surface area contributed by atoms with Crippen LogP contribution in [0, 0.1) is 6.92 Å². The van der Waals surface area contributed by atoms with Gasteiger partial charge in [0.2, 0.25) is 0 Å². The van der Waals surface area contributed by atoms with Gasteiger partial charge in [0.1, 0.15) is 11.6 Å². The summed E-state index contributed by atoms with van der Waals surface area (Å²) < 4.78 is 0. The van der Waals surface area contributed by atoms with E-state index in [1.54, 1.807) is 0 Å². The Morgan fingerprint density at radius 2 is 1.94 bits per heavy atom. The first-order valence-electron chi connectivity index (χ1n) is 6.40. The Kier molecular flexibility index (Phi) is 6.34. The van der Waals surface area contributed by atoms with E-state index in [0.717, 1.165) is 48.2 Å². The maximum Gasteiger partial charge on any atom is 0.140 e. The van der Waals surface area contributed by atoms with Crippen molar-refractivity contribution in [2.24, 2.45) is 0 Å². The lowest BCUT2D eigenvalue weighted by Gasteiger charge is -2.13. The molecular weight excluding hydrogens is 230 g/mol. The topological polar surface area (TPSA) is 37.8 Å². The minimum absolute atomic E-state index is 0.905. The van der Waals surface area contributed by atoms with E-state index in [-0.39, 0.29) is 0 Å². The van der Waals surface area contributed by atoms with Crippen molar-refractivity contribution in [1.29, 1.82) is 0 Å². The summed E-state index contributed by atoms with van der Waals surface area (Å²) in [6.07, 6.45) is 2.10.